The van der Waals surface area contributed by atoms with Crippen LogP contribution in [0.5, 0.6) is 5.75 Å². The first kappa shape index (κ1) is 18.5. The van der Waals surface area contributed by atoms with Gasteiger partial charge in [-0.15, -0.1) is 0 Å². The van der Waals surface area contributed by atoms with Crippen molar-refractivity contribution in [3.8, 4) is 5.75 Å². The molecule has 1 atom stereocenters. The number of rotatable bonds is 5. The average molecular weight is 374 g/mol. The minimum absolute atomic E-state index is 0.0171. The van der Waals surface area contributed by atoms with E-state index in [0.717, 1.165) is 37.4 Å². The standard InChI is InChI=1S/C20H24ClN3O2/c1-15(16-6-8-17(21)9-7-16)22-20(26)14-23-10-12-24(13-11-23)18-4-2-3-5-19(18)25/h2-9,15,25H,10-14H2,1H3,(H,22,26)/t15-/m1/s1. The van der Waals surface area contributed by atoms with E-state index in [-0.39, 0.29) is 11.9 Å². The Kier molecular flexibility index (Phi) is 6.01. The summed E-state index contributed by atoms with van der Waals surface area (Å²) >= 11 is 5.90. The summed E-state index contributed by atoms with van der Waals surface area (Å²) in [5.41, 5.74) is 1.89. The summed E-state index contributed by atoms with van der Waals surface area (Å²) in [4.78, 5) is 16.6. The Morgan fingerprint density at radius 3 is 2.42 bits per heavy atom. The van der Waals surface area contributed by atoms with Gasteiger partial charge in [0.2, 0.25) is 5.91 Å². The van der Waals surface area contributed by atoms with E-state index in [1.165, 1.54) is 0 Å². The highest BCUT2D eigenvalue weighted by Crippen LogP contribution is 2.27. The molecule has 0 saturated carbocycles. The highest BCUT2D eigenvalue weighted by molar-refractivity contribution is 6.30. The second-order valence-electron chi connectivity index (χ2n) is 6.59. The Bertz CT molecular complexity index is 743. The van der Waals surface area contributed by atoms with Gasteiger partial charge in [-0.05, 0) is 36.8 Å². The number of benzene rings is 2. The molecule has 1 saturated heterocycles. The summed E-state index contributed by atoms with van der Waals surface area (Å²) in [6.07, 6.45) is 0. The van der Waals surface area contributed by atoms with Crippen molar-refractivity contribution in [3.63, 3.8) is 0 Å². The first-order chi connectivity index (χ1) is 12.5. The molecule has 6 heteroatoms. The maximum Gasteiger partial charge on any atom is 0.234 e. The van der Waals surface area contributed by atoms with Crippen LogP contribution >= 0.6 is 11.6 Å². The van der Waals surface area contributed by atoms with Gasteiger partial charge in [0.1, 0.15) is 5.75 Å². The van der Waals surface area contributed by atoms with Gasteiger partial charge in [-0.1, -0.05) is 35.9 Å². The number of phenolic OH excluding ortho intramolecular Hbond substituents is 1. The number of hydrogen-bond donors (Lipinski definition) is 2. The molecule has 1 aliphatic rings. The fraction of sp³-hybridized carbons (Fsp3) is 0.350. The van der Waals surface area contributed by atoms with Gasteiger partial charge in [-0.25, -0.2) is 0 Å². The molecule has 5 nitrogen and oxygen atoms in total. The molecule has 1 amide bonds. The van der Waals surface area contributed by atoms with Gasteiger partial charge in [-0.2, -0.15) is 0 Å². The molecule has 2 aromatic rings. The summed E-state index contributed by atoms with van der Waals surface area (Å²) in [6.45, 7) is 5.51. The lowest BCUT2D eigenvalue weighted by Gasteiger charge is -2.36. The van der Waals surface area contributed by atoms with E-state index >= 15 is 0 Å². The van der Waals surface area contributed by atoms with Crippen LogP contribution in [0.1, 0.15) is 18.5 Å². The molecule has 1 aliphatic heterocycles. The predicted octanol–water partition coefficient (Wildman–Crippen LogP) is 3.05. The summed E-state index contributed by atoms with van der Waals surface area (Å²) in [5.74, 6) is 0.318. The zero-order valence-corrected chi connectivity index (χ0v) is 15.6. The topological polar surface area (TPSA) is 55.8 Å². The second kappa shape index (κ2) is 8.43. The lowest BCUT2D eigenvalue weighted by Crippen LogP contribution is -2.49. The maximum atomic E-state index is 12.3. The van der Waals surface area contributed by atoms with Crippen LogP contribution in [0.4, 0.5) is 5.69 Å². The number of para-hydroxylation sites is 2. The summed E-state index contributed by atoms with van der Waals surface area (Å²) in [5, 5.41) is 13.7. The van der Waals surface area contributed by atoms with E-state index < -0.39 is 0 Å². The van der Waals surface area contributed by atoms with E-state index in [9.17, 15) is 9.90 Å². The Morgan fingerprint density at radius 2 is 1.77 bits per heavy atom. The lowest BCUT2D eigenvalue weighted by atomic mass is 10.1. The number of nitrogens with zero attached hydrogens (tertiary/aromatic N) is 2. The smallest absolute Gasteiger partial charge is 0.234 e. The van der Waals surface area contributed by atoms with E-state index in [1.807, 2.05) is 49.4 Å². The van der Waals surface area contributed by atoms with E-state index in [2.05, 4.69) is 15.1 Å². The normalized spacial score (nSPS) is 16.3. The van der Waals surface area contributed by atoms with E-state index in [1.54, 1.807) is 6.07 Å². The number of hydrogen-bond acceptors (Lipinski definition) is 4. The van der Waals surface area contributed by atoms with Crippen molar-refractivity contribution in [3.05, 3.63) is 59.1 Å². The molecule has 1 heterocycles. The number of aromatic hydroxyl groups is 1. The number of carbonyl (C=O) groups is 1. The quantitative estimate of drug-likeness (QED) is 0.845. The van der Waals surface area contributed by atoms with Gasteiger partial charge in [0.05, 0.1) is 18.3 Å². The molecule has 0 radical (unpaired) electrons. The van der Waals surface area contributed by atoms with Gasteiger partial charge in [0, 0.05) is 31.2 Å². The molecular weight excluding hydrogens is 350 g/mol. The van der Waals surface area contributed by atoms with Crippen LogP contribution in [-0.2, 0) is 4.79 Å². The molecule has 0 aromatic heterocycles. The molecule has 0 bridgehead atoms. The van der Waals surface area contributed by atoms with Crippen LogP contribution in [0.2, 0.25) is 5.02 Å². The number of piperazine rings is 1. The number of amides is 1. The lowest BCUT2D eigenvalue weighted by molar-refractivity contribution is -0.123. The third kappa shape index (κ3) is 4.68. The molecule has 138 valence electrons. The van der Waals surface area contributed by atoms with Crippen LogP contribution in [0.15, 0.2) is 48.5 Å². The zero-order valence-electron chi connectivity index (χ0n) is 14.9. The van der Waals surface area contributed by atoms with Crippen molar-refractivity contribution in [2.75, 3.05) is 37.6 Å². The van der Waals surface area contributed by atoms with Crippen LogP contribution in [-0.4, -0.2) is 48.6 Å². The first-order valence-electron chi connectivity index (χ1n) is 8.83. The first-order valence-corrected chi connectivity index (χ1v) is 9.21. The van der Waals surface area contributed by atoms with Crippen molar-refractivity contribution in [2.45, 2.75) is 13.0 Å². The number of carbonyl (C=O) groups excluding carboxylic acids is 1. The molecular formula is C20H24ClN3O2. The third-order valence-corrected chi connectivity index (χ3v) is 4.96. The monoisotopic (exact) mass is 373 g/mol. The predicted molar refractivity (Wildman–Crippen MR) is 105 cm³/mol. The van der Waals surface area contributed by atoms with E-state index in [0.29, 0.717) is 17.3 Å². The molecule has 26 heavy (non-hydrogen) atoms. The van der Waals surface area contributed by atoms with Crippen LogP contribution < -0.4 is 10.2 Å². The van der Waals surface area contributed by atoms with E-state index in [4.69, 9.17) is 11.6 Å². The third-order valence-electron chi connectivity index (χ3n) is 4.71. The van der Waals surface area contributed by atoms with Gasteiger partial charge in [0.15, 0.2) is 0 Å². The second-order valence-corrected chi connectivity index (χ2v) is 7.03. The fourth-order valence-corrected chi connectivity index (χ4v) is 3.33. The largest absolute Gasteiger partial charge is 0.506 e. The minimum atomic E-state index is -0.0534. The Labute approximate surface area is 159 Å². The number of phenols is 1. The van der Waals surface area contributed by atoms with Crippen molar-refractivity contribution in [1.29, 1.82) is 0 Å². The summed E-state index contributed by atoms with van der Waals surface area (Å²) in [7, 11) is 0. The van der Waals surface area contributed by atoms with Crippen LogP contribution in [0.25, 0.3) is 0 Å². The SMILES string of the molecule is C[C@@H](NC(=O)CN1CCN(c2ccccc2O)CC1)c1ccc(Cl)cc1. The van der Waals surface area contributed by atoms with Gasteiger partial charge >= 0.3 is 0 Å². The van der Waals surface area contributed by atoms with Gasteiger partial charge in [-0.3, -0.25) is 9.69 Å². The highest BCUT2D eigenvalue weighted by Gasteiger charge is 2.21. The highest BCUT2D eigenvalue weighted by atomic mass is 35.5. The fourth-order valence-electron chi connectivity index (χ4n) is 3.20. The molecule has 0 unspecified atom stereocenters. The number of halogens is 1. The Morgan fingerprint density at radius 1 is 1.12 bits per heavy atom. The van der Waals surface area contributed by atoms with Crippen molar-refractivity contribution in [2.24, 2.45) is 0 Å². The average Bonchev–Trinajstić information content (AvgIpc) is 2.63. The molecule has 2 N–H and O–H groups in total. The maximum absolute atomic E-state index is 12.3. The number of anilines is 1. The number of nitrogens with one attached hydrogen (secondary N) is 1. The Hall–Kier alpha value is -2.24. The molecule has 0 spiro atoms. The molecule has 1 fully saturated rings. The zero-order chi connectivity index (χ0) is 18.5. The minimum Gasteiger partial charge on any atom is -0.506 e. The van der Waals surface area contributed by atoms with Crippen LogP contribution in [0, 0.1) is 0 Å². The van der Waals surface area contributed by atoms with Crippen molar-refractivity contribution in [1.82, 2.24) is 10.2 Å². The Balaban J connectivity index is 1.47. The summed E-state index contributed by atoms with van der Waals surface area (Å²) < 4.78 is 0. The molecule has 0 aliphatic carbocycles. The molecule has 2 aromatic carbocycles. The van der Waals surface area contributed by atoms with Crippen LogP contribution in [0.3, 0.4) is 0 Å². The summed E-state index contributed by atoms with van der Waals surface area (Å²) in [6, 6.07) is 14.8. The molecule has 3 rings (SSSR count). The van der Waals surface area contributed by atoms with Crippen molar-refractivity contribution >= 4 is 23.2 Å². The van der Waals surface area contributed by atoms with Crippen molar-refractivity contribution < 1.29 is 9.90 Å². The van der Waals surface area contributed by atoms with Gasteiger partial charge in [0.25, 0.3) is 0 Å². The van der Waals surface area contributed by atoms with Gasteiger partial charge < -0.3 is 15.3 Å².